The first-order valence-corrected chi connectivity index (χ1v) is 10.9. The van der Waals surface area contributed by atoms with Crippen LogP contribution in [0, 0.1) is 6.92 Å². The lowest BCUT2D eigenvalue weighted by Gasteiger charge is -2.18. The second-order valence-electron chi connectivity index (χ2n) is 7.97. The van der Waals surface area contributed by atoms with Crippen LogP contribution >= 0.6 is 0 Å². The van der Waals surface area contributed by atoms with Gasteiger partial charge in [-0.3, -0.25) is 9.59 Å². The van der Waals surface area contributed by atoms with Crippen molar-refractivity contribution >= 4 is 11.8 Å². The summed E-state index contributed by atoms with van der Waals surface area (Å²) in [6.45, 7) is 6.53. The highest BCUT2D eigenvalue weighted by Gasteiger charge is 2.25. The van der Waals surface area contributed by atoms with E-state index in [4.69, 9.17) is 10.5 Å². The number of aromatic nitrogens is 1. The van der Waals surface area contributed by atoms with Gasteiger partial charge in [0.05, 0.1) is 12.7 Å². The minimum atomic E-state index is -0.399. The second kappa shape index (κ2) is 9.83. The van der Waals surface area contributed by atoms with Crippen molar-refractivity contribution in [2.75, 3.05) is 20.2 Å². The summed E-state index contributed by atoms with van der Waals surface area (Å²) in [5.41, 5.74) is 10.4. The van der Waals surface area contributed by atoms with Crippen LogP contribution in [0.25, 0.3) is 11.1 Å². The summed E-state index contributed by atoms with van der Waals surface area (Å²) in [5.74, 6) is 0.632. The molecule has 0 atom stereocenters. The molecule has 0 aliphatic carbocycles. The van der Waals surface area contributed by atoms with E-state index in [9.17, 15) is 9.59 Å². The number of methoxy groups -OCH3 is 1. The Morgan fingerprint density at radius 1 is 1.17 bits per heavy atom. The number of benzene rings is 1. The number of carbonyl (C=O) groups excluding carboxylic acids is 2. The van der Waals surface area contributed by atoms with Crippen LogP contribution in [-0.2, 0) is 17.8 Å². The molecular weight excluding hydrogens is 378 g/mol. The smallest absolute Gasteiger partial charge is 0.251 e. The number of amides is 2. The van der Waals surface area contributed by atoms with Crippen LogP contribution in [0.5, 0.6) is 5.75 Å². The molecule has 6 heteroatoms. The number of hydrogen-bond donors (Lipinski definition) is 1. The zero-order valence-corrected chi connectivity index (χ0v) is 18.4. The third kappa shape index (κ3) is 4.53. The van der Waals surface area contributed by atoms with Gasteiger partial charge in [-0.1, -0.05) is 25.5 Å². The van der Waals surface area contributed by atoms with Crippen molar-refractivity contribution in [2.45, 2.75) is 58.9 Å². The minimum Gasteiger partial charge on any atom is -0.497 e. The molecule has 2 amide bonds. The van der Waals surface area contributed by atoms with Gasteiger partial charge in [-0.15, -0.1) is 0 Å². The Hall–Kier alpha value is -2.76. The van der Waals surface area contributed by atoms with E-state index in [1.165, 1.54) is 0 Å². The molecule has 1 fully saturated rings. The summed E-state index contributed by atoms with van der Waals surface area (Å²) in [5, 5.41) is 0. The number of unbranched alkanes of at least 4 members (excludes halogenated alkanes) is 1. The average molecular weight is 412 g/mol. The van der Waals surface area contributed by atoms with Gasteiger partial charge in [-0.05, 0) is 50.3 Å². The monoisotopic (exact) mass is 411 g/mol. The Balaban J connectivity index is 1.97. The van der Waals surface area contributed by atoms with Gasteiger partial charge in [-0.2, -0.15) is 0 Å². The maximum Gasteiger partial charge on any atom is 0.251 e. The number of primary amides is 1. The van der Waals surface area contributed by atoms with Crippen molar-refractivity contribution in [1.29, 1.82) is 0 Å². The molecule has 162 valence electrons. The van der Waals surface area contributed by atoms with Gasteiger partial charge in [0, 0.05) is 43.0 Å². The number of nitrogens with two attached hydrogens (primary N) is 1. The third-order valence-electron chi connectivity index (χ3n) is 6.00. The highest BCUT2D eigenvalue weighted by atomic mass is 16.5. The molecule has 1 aliphatic rings. The van der Waals surface area contributed by atoms with Crippen molar-refractivity contribution in [3.8, 4) is 16.9 Å². The van der Waals surface area contributed by atoms with E-state index in [2.05, 4.69) is 11.5 Å². The molecular formula is C24H33N3O3. The van der Waals surface area contributed by atoms with E-state index in [1.54, 1.807) is 7.11 Å². The molecule has 2 N–H and O–H groups in total. The predicted octanol–water partition coefficient (Wildman–Crippen LogP) is 3.93. The van der Waals surface area contributed by atoms with Gasteiger partial charge < -0.3 is 19.9 Å². The van der Waals surface area contributed by atoms with E-state index >= 15 is 0 Å². The Kier molecular flexibility index (Phi) is 7.19. The van der Waals surface area contributed by atoms with Gasteiger partial charge in [0.25, 0.3) is 5.91 Å². The van der Waals surface area contributed by atoms with E-state index in [0.717, 1.165) is 80.0 Å². The number of rotatable bonds is 10. The predicted molar refractivity (Wildman–Crippen MR) is 119 cm³/mol. The van der Waals surface area contributed by atoms with Crippen molar-refractivity contribution in [2.24, 2.45) is 5.73 Å². The van der Waals surface area contributed by atoms with Crippen molar-refractivity contribution in [3.63, 3.8) is 0 Å². The second-order valence-corrected chi connectivity index (χ2v) is 7.97. The quantitative estimate of drug-likeness (QED) is 0.643. The molecule has 6 nitrogen and oxygen atoms in total. The summed E-state index contributed by atoms with van der Waals surface area (Å²) in [6.07, 6.45) is 5.47. The van der Waals surface area contributed by atoms with Crippen molar-refractivity contribution in [1.82, 2.24) is 9.47 Å². The number of carbonyl (C=O) groups is 2. The minimum absolute atomic E-state index is 0.252. The molecule has 2 heterocycles. The molecule has 1 aromatic heterocycles. The average Bonchev–Trinajstić information content (AvgIpc) is 3.27. The number of nitrogens with zero attached hydrogens (tertiary/aromatic N) is 2. The molecule has 1 aromatic carbocycles. The van der Waals surface area contributed by atoms with E-state index < -0.39 is 5.91 Å². The van der Waals surface area contributed by atoms with Crippen molar-refractivity contribution < 1.29 is 14.3 Å². The number of ether oxygens (including phenoxy) is 1. The maximum atomic E-state index is 12.4. The first kappa shape index (κ1) is 21.9. The van der Waals surface area contributed by atoms with Crippen LogP contribution in [0.15, 0.2) is 24.3 Å². The zero-order valence-electron chi connectivity index (χ0n) is 18.4. The molecule has 0 saturated carbocycles. The van der Waals surface area contributed by atoms with Gasteiger partial charge in [0.15, 0.2) is 0 Å². The molecule has 1 aliphatic heterocycles. The molecule has 30 heavy (non-hydrogen) atoms. The van der Waals surface area contributed by atoms with Gasteiger partial charge >= 0.3 is 0 Å². The highest BCUT2D eigenvalue weighted by Crippen LogP contribution is 2.35. The van der Waals surface area contributed by atoms with Crippen LogP contribution < -0.4 is 10.5 Å². The first-order valence-electron chi connectivity index (χ1n) is 10.9. The fourth-order valence-electron chi connectivity index (χ4n) is 4.43. The molecule has 0 radical (unpaired) electrons. The molecule has 0 bridgehead atoms. The van der Waals surface area contributed by atoms with Crippen LogP contribution in [0.2, 0.25) is 0 Å². The molecule has 1 saturated heterocycles. The normalized spacial score (nSPS) is 13.8. The van der Waals surface area contributed by atoms with Crippen molar-refractivity contribution in [3.05, 3.63) is 41.2 Å². The van der Waals surface area contributed by atoms with E-state index in [1.807, 2.05) is 36.1 Å². The lowest BCUT2D eigenvalue weighted by Crippen LogP contribution is -2.26. The fourth-order valence-corrected chi connectivity index (χ4v) is 4.43. The SMILES string of the molecule is CCCCc1c(-c2ccc(OC)cc2)c(C(N)=O)c(C)n1CCCN1CCCC1=O. The van der Waals surface area contributed by atoms with Gasteiger partial charge in [-0.25, -0.2) is 0 Å². The zero-order chi connectivity index (χ0) is 21.7. The highest BCUT2D eigenvalue weighted by molar-refractivity contribution is 6.02. The Morgan fingerprint density at radius 2 is 1.90 bits per heavy atom. The maximum absolute atomic E-state index is 12.4. The van der Waals surface area contributed by atoms with Gasteiger partial charge in [0.2, 0.25) is 5.91 Å². The summed E-state index contributed by atoms with van der Waals surface area (Å²) < 4.78 is 7.53. The largest absolute Gasteiger partial charge is 0.497 e. The number of likely N-dealkylation sites (tertiary alicyclic amines) is 1. The summed E-state index contributed by atoms with van der Waals surface area (Å²) in [7, 11) is 1.64. The molecule has 3 rings (SSSR count). The Morgan fingerprint density at radius 3 is 2.47 bits per heavy atom. The summed E-state index contributed by atoms with van der Waals surface area (Å²) in [4.78, 5) is 26.3. The van der Waals surface area contributed by atoms with Crippen LogP contribution in [0.3, 0.4) is 0 Å². The van der Waals surface area contributed by atoms with Crippen LogP contribution in [-0.4, -0.2) is 41.5 Å². The van der Waals surface area contributed by atoms with Gasteiger partial charge in [0.1, 0.15) is 5.75 Å². The summed E-state index contributed by atoms with van der Waals surface area (Å²) >= 11 is 0. The lowest BCUT2D eigenvalue weighted by molar-refractivity contribution is -0.127. The topological polar surface area (TPSA) is 77.6 Å². The molecule has 0 unspecified atom stereocenters. The first-order chi connectivity index (χ1) is 14.5. The summed E-state index contributed by atoms with van der Waals surface area (Å²) in [6, 6.07) is 7.80. The number of hydrogen-bond acceptors (Lipinski definition) is 3. The standard InChI is InChI=1S/C24H33N3O3/c1-4-5-8-20-23(18-10-12-19(30-3)13-11-18)22(24(25)29)17(2)27(20)16-7-15-26-14-6-9-21(26)28/h10-13H,4-9,14-16H2,1-3H3,(H2,25,29). The van der Waals surface area contributed by atoms with E-state index in [-0.39, 0.29) is 5.91 Å². The molecule has 2 aromatic rings. The Bertz CT molecular complexity index is 899. The van der Waals surface area contributed by atoms with Crippen LogP contribution in [0.4, 0.5) is 0 Å². The third-order valence-corrected chi connectivity index (χ3v) is 6.00. The molecule has 0 spiro atoms. The fraction of sp³-hybridized carbons (Fsp3) is 0.500. The lowest BCUT2D eigenvalue weighted by atomic mass is 9.97. The van der Waals surface area contributed by atoms with E-state index in [0.29, 0.717) is 12.0 Å². The Labute approximate surface area is 179 Å². The van der Waals surface area contributed by atoms with Crippen LogP contribution in [0.1, 0.15) is 60.8 Å².